The minimum absolute atomic E-state index is 0.250. The van der Waals surface area contributed by atoms with E-state index < -0.39 is 5.82 Å². The number of halogens is 1. The Morgan fingerprint density at radius 1 is 1.45 bits per heavy atom. The smallest absolute Gasteiger partial charge is 0.251 e. The molecule has 1 amide bonds. The summed E-state index contributed by atoms with van der Waals surface area (Å²) >= 11 is 1.39. The first-order valence-electron chi connectivity index (χ1n) is 7.28. The summed E-state index contributed by atoms with van der Waals surface area (Å²) in [6.45, 7) is 6.39. The summed E-state index contributed by atoms with van der Waals surface area (Å²) in [5.41, 5.74) is 0.683. The van der Waals surface area contributed by atoms with Gasteiger partial charge in [-0.25, -0.2) is 9.37 Å². The van der Waals surface area contributed by atoms with E-state index >= 15 is 0 Å². The highest BCUT2D eigenvalue weighted by Gasteiger charge is 2.14. The maximum atomic E-state index is 14.0. The molecule has 0 radical (unpaired) electrons. The van der Waals surface area contributed by atoms with E-state index in [1.807, 2.05) is 6.92 Å². The van der Waals surface area contributed by atoms with Crippen molar-refractivity contribution < 1.29 is 13.9 Å². The first-order valence-corrected chi connectivity index (χ1v) is 8.10. The molecule has 0 aliphatic carbocycles. The number of aromatic nitrogens is 1. The Bertz CT molecular complexity index is 683. The molecule has 22 heavy (non-hydrogen) atoms. The van der Waals surface area contributed by atoms with E-state index in [0.717, 1.165) is 37.9 Å². The average molecular weight is 323 g/mol. The summed E-state index contributed by atoms with van der Waals surface area (Å²) in [5.74, 6) is -0.694. The molecule has 1 aliphatic rings. The second-order valence-corrected chi connectivity index (χ2v) is 6.48. The van der Waals surface area contributed by atoms with Crippen LogP contribution in [0.5, 0.6) is 0 Å². The van der Waals surface area contributed by atoms with Crippen molar-refractivity contribution in [2.24, 2.45) is 0 Å². The summed E-state index contributed by atoms with van der Waals surface area (Å²) in [5, 5.41) is 3.63. The molecule has 0 atom stereocenters. The van der Waals surface area contributed by atoms with Crippen LogP contribution in [0.25, 0.3) is 10.2 Å². The van der Waals surface area contributed by atoms with Gasteiger partial charge in [-0.1, -0.05) is 0 Å². The second-order valence-electron chi connectivity index (χ2n) is 5.25. The summed E-state index contributed by atoms with van der Waals surface area (Å²) in [7, 11) is 0. The predicted molar refractivity (Wildman–Crippen MR) is 83.9 cm³/mol. The zero-order valence-corrected chi connectivity index (χ0v) is 13.2. The van der Waals surface area contributed by atoms with Gasteiger partial charge in [0, 0.05) is 31.7 Å². The summed E-state index contributed by atoms with van der Waals surface area (Å²) in [6.07, 6.45) is 0. The van der Waals surface area contributed by atoms with Gasteiger partial charge in [-0.05, 0) is 19.1 Å². The maximum absolute atomic E-state index is 14.0. The Kier molecular flexibility index (Phi) is 4.66. The van der Waals surface area contributed by atoms with Gasteiger partial charge in [-0.2, -0.15) is 0 Å². The summed E-state index contributed by atoms with van der Waals surface area (Å²) in [6, 6.07) is 2.96. The lowest BCUT2D eigenvalue weighted by Gasteiger charge is -2.26. The van der Waals surface area contributed by atoms with Crippen molar-refractivity contribution in [1.82, 2.24) is 15.2 Å². The number of nitrogens with one attached hydrogen (secondary N) is 1. The molecule has 3 rings (SSSR count). The van der Waals surface area contributed by atoms with Crippen molar-refractivity contribution in [3.63, 3.8) is 0 Å². The molecule has 1 aliphatic heterocycles. The van der Waals surface area contributed by atoms with Crippen molar-refractivity contribution >= 4 is 27.5 Å². The van der Waals surface area contributed by atoms with E-state index in [-0.39, 0.29) is 5.91 Å². The lowest BCUT2D eigenvalue weighted by Crippen LogP contribution is -2.41. The fourth-order valence-corrected chi connectivity index (χ4v) is 3.37. The first-order chi connectivity index (χ1) is 10.6. The Morgan fingerprint density at radius 2 is 2.23 bits per heavy atom. The van der Waals surface area contributed by atoms with Crippen molar-refractivity contribution in [2.75, 3.05) is 39.4 Å². The number of thiazole rings is 1. The molecule has 0 unspecified atom stereocenters. The van der Waals surface area contributed by atoms with E-state index in [0.29, 0.717) is 22.3 Å². The van der Waals surface area contributed by atoms with Gasteiger partial charge in [0.05, 0.1) is 22.9 Å². The molecule has 0 saturated carbocycles. The van der Waals surface area contributed by atoms with Crippen LogP contribution in [-0.2, 0) is 4.74 Å². The van der Waals surface area contributed by atoms with Gasteiger partial charge in [-0.15, -0.1) is 11.3 Å². The number of benzene rings is 1. The Labute approximate surface area is 132 Å². The fraction of sp³-hybridized carbons (Fsp3) is 0.467. The number of fused-ring (bicyclic) bond motifs is 1. The number of hydrogen-bond acceptors (Lipinski definition) is 5. The lowest BCUT2D eigenvalue weighted by molar-refractivity contribution is 0.0383. The molecule has 7 heteroatoms. The number of hydrogen-bond donors (Lipinski definition) is 1. The van der Waals surface area contributed by atoms with Gasteiger partial charge >= 0.3 is 0 Å². The van der Waals surface area contributed by atoms with Crippen LogP contribution in [0.3, 0.4) is 0 Å². The highest BCUT2D eigenvalue weighted by atomic mass is 32.1. The average Bonchev–Trinajstić information content (AvgIpc) is 2.89. The Hall–Kier alpha value is -1.57. The van der Waals surface area contributed by atoms with E-state index in [4.69, 9.17) is 4.74 Å². The van der Waals surface area contributed by atoms with Crippen LogP contribution in [0.15, 0.2) is 12.1 Å². The van der Waals surface area contributed by atoms with Crippen molar-refractivity contribution in [1.29, 1.82) is 0 Å². The Balaban J connectivity index is 1.62. The van der Waals surface area contributed by atoms with Gasteiger partial charge < -0.3 is 10.1 Å². The van der Waals surface area contributed by atoms with Crippen LogP contribution in [0, 0.1) is 12.7 Å². The highest BCUT2D eigenvalue weighted by molar-refractivity contribution is 7.18. The zero-order chi connectivity index (χ0) is 15.5. The van der Waals surface area contributed by atoms with Crippen LogP contribution in [-0.4, -0.2) is 55.2 Å². The third kappa shape index (κ3) is 3.43. The molecule has 1 aromatic heterocycles. The Morgan fingerprint density at radius 3 is 3.00 bits per heavy atom. The minimum Gasteiger partial charge on any atom is -0.379 e. The SMILES string of the molecule is Cc1nc2c(F)cc(C(=O)NCCN3CCOCC3)cc2s1. The molecule has 1 fully saturated rings. The highest BCUT2D eigenvalue weighted by Crippen LogP contribution is 2.25. The molecule has 2 aromatic rings. The minimum atomic E-state index is -0.444. The number of morpholine rings is 1. The van der Waals surface area contributed by atoms with E-state index in [1.165, 1.54) is 17.4 Å². The third-order valence-corrected chi connectivity index (χ3v) is 4.55. The first kappa shape index (κ1) is 15.3. The quantitative estimate of drug-likeness (QED) is 0.932. The summed E-state index contributed by atoms with van der Waals surface area (Å²) in [4.78, 5) is 18.5. The van der Waals surface area contributed by atoms with Crippen molar-refractivity contribution in [2.45, 2.75) is 6.92 Å². The molecule has 5 nitrogen and oxygen atoms in total. The molecule has 1 saturated heterocycles. The number of nitrogens with zero attached hydrogens (tertiary/aromatic N) is 2. The lowest BCUT2D eigenvalue weighted by atomic mass is 10.2. The number of ether oxygens (including phenoxy) is 1. The van der Waals surface area contributed by atoms with Crippen molar-refractivity contribution in [3.8, 4) is 0 Å². The van der Waals surface area contributed by atoms with Gasteiger partial charge in [-0.3, -0.25) is 9.69 Å². The fourth-order valence-electron chi connectivity index (χ4n) is 2.49. The molecule has 118 valence electrons. The molecule has 0 spiro atoms. The normalized spacial score (nSPS) is 16.1. The van der Waals surface area contributed by atoms with Crippen LogP contribution in [0.1, 0.15) is 15.4 Å². The number of amides is 1. The van der Waals surface area contributed by atoms with Crippen LogP contribution in [0.4, 0.5) is 4.39 Å². The molecule has 2 heterocycles. The molecule has 1 N–H and O–H groups in total. The number of aryl methyl sites for hydroxylation is 1. The molecule has 1 aromatic carbocycles. The second kappa shape index (κ2) is 6.68. The van der Waals surface area contributed by atoms with Crippen LogP contribution >= 0.6 is 11.3 Å². The van der Waals surface area contributed by atoms with Gasteiger partial charge in [0.2, 0.25) is 0 Å². The molecular formula is C15H18FN3O2S. The number of carbonyl (C=O) groups excluding carboxylic acids is 1. The van der Waals surface area contributed by atoms with Gasteiger partial charge in [0.15, 0.2) is 5.82 Å². The van der Waals surface area contributed by atoms with E-state index in [2.05, 4.69) is 15.2 Å². The maximum Gasteiger partial charge on any atom is 0.251 e. The van der Waals surface area contributed by atoms with Gasteiger partial charge in [0.25, 0.3) is 5.91 Å². The number of rotatable bonds is 4. The monoisotopic (exact) mass is 323 g/mol. The van der Waals surface area contributed by atoms with E-state index in [9.17, 15) is 9.18 Å². The van der Waals surface area contributed by atoms with Crippen LogP contribution in [0.2, 0.25) is 0 Å². The largest absolute Gasteiger partial charge is 0.379 e. The van der Waals surface area contributed by atoms with Crippen molar-refractivity contribution in [3.05, 3.63) is 28.5 Å². The zero-order valence-electron chi connectivity index (χ0n) is 12.4. The molecule has 0 bridgehead atoms. The molecular weight excluding hydrogens is 305 g/mol. The van der Waals surface area contributed by atoms with E-state index in [1.54, 1.807) is 6.07 Å². The third-order valence-electron chi connectivity index (χ3n) is 3.63. The topological polar surface area (TPSA) is 54.5 Å². The van der Waals surface area contributed by atoms with Gasteiger partial charge in [0.1, 0.15) is 5.52 Å². The van der Waals surface area contributed by atoms with Crippen LogP contribution < -0.4 is 5.32 Å². The standard InChI is InChI=1S/C15H18FN3O2S/c1-10-18-14-12(16)8-11(9-13(14)22-10)15(20)17-2-3-19-4-6-21-7-5-19/h8-9H,2-7H2,1H3,(H,17,20). The predicted octanol–water partition coefficient (Wildman–Crippen LogP) is 1.81. The summed E-state index contributed by atoms with van der Waals surface area (Å²) < 4.78 is 20.0. The number of carbonyl (C=O) groups is 1.